The Kier molecular flexibility index (Phi) is 10.9. The van der Waals surface area contributed by atoms with Gasteiger partial charge in [-0.05, 0) is 25.8 Å². The van der Waals surface area contributed by atoms with E-state index in [-0.39, 0.29) is 24.4 Å². The van der Waals surface area contributed by atoms with Gasteiger partial charge in [-0.1, -0.05) is 0 Å². The van der Waals surface area contributed by atoms with Gasteiger partial charge in [0.15, 0.2) is 5.96 Å². The summed E-state index contributed by atoms with van der Waals surface area (Å²) in [4.78, 5) is 34.1. The van der Waals surface area contributed by atoms with Gasteiger partial charge in [0.25, 0.3) is 0 Å². The molecule has 0 unspecified atom stereocenters. The van der Waals surface area contributed by atoms with Gasteiger partial charge in [0.1, 0.15) is 6.54 Å². The number of nitrogens with one attached hydrogen (secondary N) is 3. The molecule has 2 aliphatic heterocycles. The fourth-order valence-corrected chi connectivity index (χ4v) is 3.49. The van der Waals surface area contributed by atoms with E-state index >= 15 is 0 Å². The van der Waals surface area contributed by atoms with Gasteiger partial charge in [-0.2, -0.15) is 0 Å². The summed E-state index contributed by atoms with van der Waals surface area (Å²) in [5, 5.41) is 9.54. The summed E-state index contributed by atoms with van der Waals surface area (Å²) < 4.78 is 5.39. The van der Waals surface area contributed by atoms with E-state index in [1.165, 1.54) is 0 Å². The highest BCUT2D eigenvalue weighted by atomic mass is 16.5. The fourth-order valence-electron chi connectivity index (χ4n) is 3.49. The number of likely N-dealkylation sites (tertiary alicyclic amines) is 1. The van der Waals surface area contributed by atoms with Crippen LogP contribution in [-0.4, -0.2) is 125 Å². The number of carbonyl (C=O) groups excluding carboxylic acids is 2. The van der Waals surface area contributed by atoms with Crippen molar-refractivity contribution < 1.29 is 14.3 Å². The molecule has 2 fully saturated rings. The van der Waals surface area contributed by atoms with E-state index in [2.05, 4.69) is 30.7 Å². The normalized spacial score (nSPS) is 19.4. The Balaban J connectivity index is 1.78. The highest BCUT2D eigenvalue weighted by molar-refractivity contribution is 5.85. The predicted molar refractivity (Wildman–Crippen MR) is 118 cm³/mol. The smallest absolute Gasteiger partial charge is 0.243 e. The number of morpholine rings is 1. The Morgan fingerprint density at radius 1 is 1.10 bits per heavy atom. The van der Waals surface area contributed by atoms with Crippen LogP contribution in [0.3, 0.4) is 0 Å². The zero-order chi connectivity index (χ0) is 21.8. The van der Waals surface area contributed by atoms with Crippen molar-refractivity contribution in [3.63, 3.8) is 0 Å². The number of carbonyl (C=O) groups is 2. The maximum absolute atomic E-state index is 12.0. The van der Waals surface area contributed by atoms with Crippen LogP contribution in [0, 0.1) is 0 Å². The lowest BCUT2D eigenvalue weighted by atomic mass is 10.1. The van der Waals surface area contributed by atoms with Crippen LogP contribution in [0.5, 0.6) is 0 Å². The van der Waals surface area contributed by atoms with Crippen molar-refractivity contribution in [3.05, 3.63) is 0 Å². The number of likely N-dealkylation sites (N-methyl/N-ethyl adjacent to an activating group) is 2. The van der Waals surface area contributed by atoms with Crippen molar-refractivity contribution in [2.75, 3.05) is 86.7 Å². The topological polar surface area (TPSA) is 102 Å². The molecular weight excluding hydrogens is 386 g/mol. The number of hydrogen-bond donors (Lipinski definition) is 3. The van der Waals surface area contributed by atoms with Crippen LogP contribution < -0.4 is 16.0 Å². The number of piperidine rings is 1. The number of amides is 2. The lowest BCUT2D eigenvalue weighted by Crippen LogP contribution is -2.50. The van der Waals surface area contributed by atoms with Gasteiger partial charge in [0.2, 0.25) is 11.8 Å². The molecule has 2 saturated heterocycles. The molecule has 0 saturated carbocycles. The molecule has 3 N–H and O–H groups in total. The second-order valence-corrected chi connectivity index (χ2v) is 8.06. The number of hydrogen-bond acceptors (Lipinski definition) is 6. The molecule has 2 heterocycles. The molecule has 10 nitrogen and oxygen atoms in total. The summed E-state index contributed by atoms with van der Waals surface area (Å²) in [5.41, 5.74) is 0. The third kappa shape index (κ3) is 9.27. The molecule has 0 aromatic rings. The average Bonchev–Trinajstić information content (AvgIpc) is 2.76. The number of aliphatic imine (C=N–C) groups is 1. The third-order valence-corrected chi connectivity index (χ3v) is 5.49. The van der Waals surface area contributed by atoms with E-state index < -0.39 is 0 Å². The van der Waals surface area contributed by atoms with Gasteiger partial charge in [-0.15, -0.1) is 0 Å². The van der Waals surface area contributed by atoms with Crippen molar-refractivity contribution in [3.8, 4) is 0 Å². The minimum Gasteiger partial charge on any atom is -0.379 e. The van der Waals surface area contributed by atoms with E-state index in [0.717, 1.165) is 71.7 Å². The summed E-state index contributed by atoms with van der Waals surface area (Å²) in [7, 11) is 5.14. The van der Waals surface area contributed by atoms with Crippen molar-refractivity contribution in [2.45, 2.75) is 25.3 Å². The highest BCUT2D eigenvalue weighted by Crippen LogP contribution is 2.09. The molecule has 0 aromatic heterocycles. The lowest BCUT2D eigenvalue weighted by Gasteiger charge is -2.32. The zero-order valence-electron chi connectivity index (χ0n) is 18.8. The third-order valence-electron chi connectivity index (χ3n) is 5.49. The standard InChI is InChI=1S/C20H39N7O3/c1-21-18(28)16-27-9-5-17(6-10-27)24-20(23-15-19(29)25(2)3)22-7-4-8-26-11-13-30-14-12-26/h17H,4-16H2,1-3H3,(H,21,28)(H2,22,23,24). The Bertz CT molecular complexity index is 557. The van der Waals surface area contributed by atoms with Gasteiger partial charge in [0.05, 0.1) is 19.8 Å². The molecule has 0 aliphatic carbocycles. The van der Waals surface area contributed by atoms with Crippen molar-refractivity contribution in [1.29, 1.82) is 0 Å². The summed E-state index contributed by atoms with van der Waals surface area (Å²) in [6, 6.07) is 0.283. The van der Waals surface area contributed by atoms with Crippen LogP contribution in [0.4, 0.5) is 0 Å². The number of rotatable bonds is 9. The molecule has 0 bridgehead atoms. The van der Waals surface area contributed by atoms with Crippen LogP contribution in [0.25, 0.3) is 0 Å². The number of ether oxygens (including phenoxy) is 1. The van der Waals surface area contributed by atoms with Gasteiger partial charge in [-0.25, -0.2) is 4.99 Å². The average molecular weight is 426 g/mol. The van der Waals surface area contributed by atoms with Gasteiger partial charge >= 0.3 is 0 Å². The molecule has 10 heteroatoms. The number of nitrogens with zero attached hydrogens (tertiary/aromatic N) is 4. The second kappa shape index (κ2) is 13.4. The first-order chi connectivity index (χ1) is 14.5. The summed E-state index contributed by atoms with van der Waals surface area (Å²) in [6.07, 6.45) is 2.88. The van der Waals surface area contributed by atoms with Crippen molar-refractivity contribution in [1.82, 2.24) is 30.7 Å². The van der Waals surface area contributed by atoms with Gasteiger partial charge in [0, 0.05) is 59.9 Å². The van der Waals surface area contributed by atoms with Crippen LogP contribution in [0.1, 0.15) is 19.3 Å². The lowest BCUT2D eigenvalue weighted by molar-refractivity contribution is -0.127. The van der Waals surface area contributed by atoms with E-state index in [1.54, 1.807) is 26.0 Å². The monoisotopic (exact) mass is 425 g/mol. The second-order valence-electron chi connectivity index (χ2n) is 8.06. The summed E-state index contributed by atoms with van der Waals surface area (Å²) in [5.74, 6) is 0.717. The largest absolute Gasteiger partial charge is 0.379 e. The molecule has 0 aromatic carbocycles. The SMILES string of the molecule is CNC(=O)CN1CCC(NC(=NCC(=O)N(C)C)NCCCN2CCOCC2)CC1. The molecule has 0 spiro atoms. The Labute approximate surface area is 180 Å². The molecule has 0 atom stereocenters. The maximum Gasteiger partial charge on any atom is 0.243 e. The Hall–Kier alpha value is -1.91. The highest BCUT2D eigenvalue weighted by Gasteiger charge is 2.21. The molecule has 2 rings (SSSR count). The first-order valence-electron chi connectivity index (χ1n) is 11.0. The number of guanidine groups is 1. The Morgan fingerprint density at radius 3 is 2.43 bits per heavy atom. The van der Waals surface area contributed by atoms with Crippen LogP contribution in [-0.2, 0) is 14.3 Å². The molecule has 2 aliphatic rings. The fraction of sp³-hybridized carbons (Fsp3) is 0.850. The molecule has 2 amide bonds. The maximum atomic E-state index is 12.0. The van der Waals surface area contributed by atoms with E-state index in [0.29, 0.717) is 12.5 Å². The molecule has 172 valence electrons. The van der Waals surface area contributed by atoms with Crippen LogP contribution >= 0.6 is 0 Å². The first-order valence-corrected chi connectivity index (χ1v) is 11.0. The van der Waals surface area contributed by atoms with Crippen molar-refractivity contribution >= 4 is 17.8 Å². The van der Waals surface area contributed by atoms with Gasteiger partial charge in [-0.3, -0.25) is 19.4 Å². The van der Waals surface area contributed by atoms with Crippen LogP contribution in [0.2, 0.25) is 0 Å². The Morgan fingerprint density at radius 2 is 1.80 bits per heavy atom. The van der Waals surface area contributed by atoms with Crippen molar-refractivity contribution in [2.24, 2.45) is 4.99 Å². The zero-order valence-corrected chi connectivity index (χ0v) is 18.8. The predicted octanol–water partition coefficient (Wildman–Crippen LogP) is -1.46. The molecule has 0 radical (unpaired) electrons. The quantitative estimate of drug-likeness (QED) is 0.236. The van der Waals surface area contributed by atoms with E-state index in [9.17, 15) is 9.59 Å². The first kappa shape index (κ1) is 24.4. The van der Waals surface area contributed by atoms with Gasteiger partial charge < -0.3 is 25.6 Å². The molecule has 30 heavy (non-hydrogen) atoms. The summed E-state index contributed by atoms with van der Waals surface area (Å²) in [6.45, 7) is 7.74. The minimum absolute atomic E-state index is 0.0233. The summed E-state index contributed by atoms with van der Waals surface area (Å²) >= 11 is 0. The van der Waals surface area contributed by atoms with E-state index in [1.807, 2.05) is 0 Å². The molecular formula is C20H39N7O3. The van der Waals surface area contributed by atoms with E-state index in [4.69, 9.17) is 4.74 Å². The van der Waals surface area contributed by atoms with Crippen LogP contribution in [0.15, 0.2) is 4.99 Å². The minimum atomic E-state index is -0.0233.